The molecule has 1 fully saturated rings. The molecule has 0 saturated carbocycles. The molecule has 1 aromatic heterocycles. The van der Waals surface area contributed by atoms with Crippen LogP contribution in [0.5, 0.6) is 0 Å². The molecular weight excluding hydrogens is 422 g/mol. The Morgan fingerprint density at radius 2 is 1.91 bits per heavy atom. The predicted molar refractivity (Wildman–Crippen MR) is 129 cm³/mol. The molecule has 0 bridgehead atoms. The average molecular weight is 452 g/mol. The van der Waals surface area contributed by atoms with Crippen LogP contribution in [0, 0.1) is 5.92 Å². The van der Waals surface area contributed by atoms with Gasteiger partial charge in [-0.3, -0.25) is 9.69 Å². The molecule has 2 aromatic carbocycles. The van der Waals surface area contributed by atoms with Gasteiger partial charge in [0.05, 0.1) is 16.7 Å². The molecule has 5 rings (SSSR count). The molecule has 1 amide bonds. The van der Waals surface area contributed by atoms with Gasteiger partial charge in [-0.25, -0.2) is 0 Å². The SMILES string of the molecule is CC(C)C(O)c1cc(-c2cc3cc(CN4CCCCC4)ccc3[nH]2)c2c(c1Cl)CNC2=O. The van der Waals surface area contributed by atoms with E-state index < -0.39 is 6.10 Å². The summed E-state index contributed by atoms with van der Waals surface area (Å²) in [4.78, 5) is 18.7. The van der Waals surface area contributed by atoms with Gasteiger partial charge in [0.1, 0.15) is 0 Å². The number of carbonyl (C=O) groups is 1. The van der Waals surface area contributed by atoms with Crippen LogP contribution in [0.3, 0.4) is 0 Å². The molecule has 168 valence electrons. The van der Waals surface area contributed by atoms with E-state index in [1.54, 1.807) is 0 Å². The van der Waals surface area contributed by atoms with Crippen molar-refractivity contribution in [2.24, 2.45) is 5.92 Å². The molecule has 1 saturated heterocycles. The minimum Gasteiger partial charge on any atom is -0.388 e. The first-order valence-electron chi connectivity index (χ1n) is 11.6. The smallest absolute Gasteiger partial charge is 0.252 e. The third-order valence-corrected chi connectivity index (χ3v) is 7.27. The van der Waals surface area contributed by atoms with E-state index in [1.165, 1.54) is 37.9 Å². The summed E-state index contributed by atoms with van der Waals surface area (Å²) in [7, 11) is 0. The second-order valence-electron chi connectivity index (χ2n) is 9.49. The van der Waals surface area contributed by atoms with Crippen LogP contribution in [-0.4, -0.2) is 34.0 Å². The number of fused-ring (bicyclic) bond motifs is 2. The van der Waals surface area contributed by atoms with E-state index in [0.29, 0.717) is 22.7 Å². The summed E-state index contributed by atoms with van der Waals surface area (Å²) in [6, 6.07) is 10.5. The van der Waals surface area contributed by atoms with Crippen LogP contribution in [0.4, 0.5) is 0 Å². The maximum atomic E-state index is 12.7. The highest BCUT2D eigenvalue weighted by molar-refractivity contribution is 6.33. The first-order valence-corrected chi connectivity index (χ1v) is 12.0. The molecule has 6 heteroatoms. The highest BCUT2D eigenvalue weighted by Crippen LogP contribution is 2.40. The fraction of sp³-hybridized carbons (Fsp3) is 0.423. The molecule has 2 aliphatic rings. The van der Waals surface area contributed by atoms with E-state index in [1.807, 2.05) is 19.9 Å². The standard InChI is InChI=1S/C26H30ClN3O2/c1-15(2)25(31)19-12-18(23-20(24(19)27)13-28-26(23)32)22-11-17-10-16(6-7-21(17)29-22)14-30-8-4-3-5-9-30/h6-7,10-12,15,25,29,31H,3-5,8-9,13-14H2,1-2H3,(H,28,32). The molecule has 5 nitrogen and oxygen atoms in total. The number of H-pyrrole nitrogens is 1. The second-order valence-corrected chi connectivity index (χ2v) is 9.87. The van der Waals surface area contributed by atoms with E-state index >= 15 is 0 Å². The Morgan fingerprint density at radius 3 is 2.66 bits per heavy atom. The van der Waals surface area contributed by atoms with Crippen LogP contribution in [0.1, 0.15) is 66.3 Å². The second kappa shape index (κ2) is 8.54. The van der Waals surface area contributed by atoms with Crippen LogP contribution >= 0.6 is 11.6 Å². The van der Waals surface area contributed by atoms with Crippen LogP contribution in [0.25, 0.3) is 22.2 Å². The summed E-state index contributed by atoms with van der Waals surface area (Å²) in [5.74, 6) is -0.101. The Kier molecular flexibility index (Phi) is 5.74. The Hall–Kier alpha value is -2.34. The molecule has 1 atom stereocenters. The Balaban J connectivity index is 1.56. The number of aromatic amines is 1. The molecule has 0 spiro atoms. The summed E-state index contributed by atoms with van der Waals surface area (Å²) in [6.07, 6.45) is 3.21. The van der Waals surface area contributed by atoms with E-state index in [4.69, 9.17) is 11.6 Å². The number of amides is 1. The van der Waals surface area contributed by atoms with Crippen molar-refractivity contribution in [2.45, 2.75) is 52.3 Å². The third kappa shape index (κ3) is 3.83. The van der Waals surface area contributed by atoms with Crippen molar-refractivity contribution >= 4 is 28.4 Å². The molecular formula is C26H30ClN3O2. The molecule has 3 N–H and O–H groups in total. The topological polar surface area (TPSA) is 68.4 Å². The molecule has 3 aromatic rings. The number of nitrogens with zero attached hydrogens (tertiary/aromatic N) is 1. The first-order chi connectivity index (χ1) is 15.4. The number of aliphatic hydroxyl groups is 1. The zero-order valence-electron chi connectivity index (χ0n) is 18.7. The number of benzene rings is 2. The number of aliphatic hydroxyl groups excluding tert-OH is 1. The Morgan fingerprint density at radius 1 is 1.12 bits per heavy atom. The van der Waals surface area contributed by atoms with Crippen LogP contribution in [0.15, 0.2) is 30.3 Å². The molecule has 0 radical (unpaired) electrons. The Bertz CT molecular complexity index is 1180. The minimum absolute atomic E-state index is 0.0172. The van der Waals surface area contributed by atoms with Crippen molar-refractivity contribution in [2.75, 3.05) is 13.1 Å². The number of halogens is 1. The monoisotopic (exact) mass is 451 g/mol. The van der Waals surface area contributed by atoms with Gasteiger partial charge in [-0.05, 0) is 61.7 Å². The van der Waals surface area contributed by atoms with E-state index in [2.05, 4.69) is 39.5 Å². The number of likely N-dealkylation sites (tertiary alicyclic amines) is 1. The molecule has 32 heavy (non-hydrogen) atoms. The van der Waals surface area contributed by atoms with Gasteiger partial charge < -0.3 is 15.4 Å². The van der Waals surface area contributed by atoms with Gasteiger partial charge in [0.2, 0.25) is 0 Å². The number of hydrogen-bond donors (Lipinski definition) is 3. The molecule has 3 heterocycles. The van der Waals surface area contributed by atoms with Gasteiger partial charge >= 0.3 is 0 Å². The lowest BCUT2D eigenvalue weighted by molar-refractivity contribution is 0.0966. The third-order valence-electron chi connectivity index (χ3n) is 6.82. The molecule has 0 aliphatic carbocycles. The summed E-state index contributed by atoms with van der Waals surface area (Å²) in [6.45, 7) is 7.62. The van der Waals surface area contributed by atoms with Crippen molar-refractivity contribution in [1.29, 1.82) is 0 Å². The maximum absolute atomic E-state index is 12.7. The van der Waals surface area contributed by atoms with Gasteiger partial charge in [0.25, 0.3) is 5.91 Å². The van der Waals surface area contributed by atoms with Crippen LogP contribution in [0.2, 0.25) is 5.02 Å². The zero-order chi connectivity index (χ0) is 22.4. The number of rotatable bonds is 5. The zero-order valence-corrected chi connectivity index (χ0v) is 19.4. The van der Waals surface area contributed by atoms with Gasteiger partial charge in [-0.2, -0.15) is 0 Å². The highest BCUT2D eigenvalue weighted by Gasteiger charge is 2.30. The quantitative estimate of drug-likeness (QED) is 0.486. The fourth-order valence-corrected chi connectivity index (χ4v) is 5.34. The lowest BCUT2D eigenvalue weighted by Crippen LogP contribution is -2.28. The van der Waals surface area contributed by atoms with Crippen molar-refractivity contribution in [1.82, 2.24) is 15.2 Å². The lowest BCUT2D eigenvalue weighted by Gasteiger charge is -2.26. The molecule has 1 unspecified atom stereocenters. The van der Waals surface area contributed by atoms with Crippen LogP contribution < -0.4 is 5.32 Å². The lowest BCUT2D eigenvalue weighted by atomic mass is 9.91. The summed E-state index contributed by atoms with van der Waals surface area (Å²) >= 11 is 6.64. The van der Waals surface area contributed by atoms with Crippen molar-refractivity contribution in [3.63, 3.8) is 0 Å². The number of hydrogen-bond acceptors (Lipinski definition) is 3. The minimum atomic E-state index is -0.692. The van der Waals surface area contributed by atoms with Gasteiger partial charge in [0.15, 0.2) is 0 Å². The summed E-state index contributed by atoms with van der Waals surface area (Å²) in [5, 5.41) is 15.3. The average Bonchev–Trinajstić information content (AvgIpc) is 3.38. The van der Waals surface area contributed by atoms with Gasteiger partial charge in [-0.1, -0.05) is 37.9 Å². The maximum Gasteiger partial charge on any atom is 0.252 e. The van der Waals surface area contributed by atoms with Gasteiger partial charge in [0, 0.05) is 46.4 Å². The number of carbonyl (C=O) groups excluding carboxylic acids is 1. The number of piperidine rings is 1. The molecule has 2 aliphatic heterocycles. The first kappa shape index (κ1) is 21.5. The van der Waals surface area contributed by atoms with Crippen molar-refractivity contribution < 1.29 is 9.90 Å². The normalized spacial score (nSPS) is 17.7. The van der Waals surface area contributed by atoms with E-state index in [-0.39, 0.29) is 11.8 Å². The largest absolute Gasteiger partial charge is 0.388 e. The predicted octanol–water partition coefficient (Wildman–Crippen LogP) is 5.41. The number of nitrogens with one attached hydrogen (secondary N) is 2. The van der Waals surface area contributed by atoms with Crippen molar-refractivity contribution in [3.05, 3.63) is 57.6 Å². The van der Waals surface area contributed by atoms with Crippen LogP contribution in [-0.2, 0) is 13.1 Å². The Labute approximate surface area is 193 Å². The van der Waals surface area contributed by atoms with E-state index in [0.717, 1.165) is 34.3 Å². The van der Waals surface area contributed by atoms with E-state index in [9.17, 15) is 9.90 Å². The summed E-state index contributed by atoms with van der Waals surface area (Å²) in [5.41, 5.74) is 6.06. The van der Waals surface area contributed by atoms with Gasteiger partial charge in [-0.15, -0.1) is 0 Å². The fourth-order valence-electron chi connectivity index (χ4n) is 5.01. The summed E-state index contributed by atoms with van der Waals surface area (Å²) < 4.78 is 0. The number of aromatic nitrogens is 1. The van der Waals surface area contributed by atoms with Crippen molar-refractivity contribution in [3.8, 4) is 11.3 Å². The highest BCUT2D eigenvalue weighted by atomic mass is 35.5.